The second kappa shape index (κ2) is 10.9. The summed E-state index contributed by atoms with van der Waals surface area (Å²) in [5.74, 6) is -0.118. The van der Waals surface area contributed by atoms with E-state index in [-0.39, 0.29) is 25.7 Å². The molecule has 8 heteroatoms. The second-order valence-electron chi connectivity index (χ2n) is 5.89. The smallest absolute Gasteiger partial charge is 0.352 e. The van der Waals surface area contributed by atoms with Crippen molar-refractivity contribution in [3.63, 3.8) is 0 Å². The SMILES string of the molecule is C=C(C)C(=O)NCCC[N+](C)(C)CCOP(=O)(OCC)OCC. The summed E-state index contributed by atoms with van der Waals surface area (Å²) in [6, 6.07) is 0. The van der Waals surface area contributed by atoms with Crippen molar-refractivity contribution in [3.8, 4) is 0 Å². The molecule has 136 valence electrons. The zero-order valence-corrected chi connectivity index (χ0v) is 16.0. The fraction of sp³-hybridized carbons (Fsp3) is 0.800. The molecule has 1 N–H and O–H groups in total. The van der Waals surface area contributed by atoms with Gasteiger partial charge in [-0.2, -0.15) is 0 Å². The van der Waals surface area contributed by atoms with Crippen LogP contribution in [0.15, 0.2) is 12.2 Å². The average molecular weight is 351 g/mol. The Morgan fingerprint density at radius 2 is 1.70 bits per heavy atom. The summed E-state index contributed by atoms with van der Waals surface area (Å²) in [6.07, 6.45) is 0.834. The molecule has 0 rings (SSSR count). The van der Waals surface area contributed by atoms with Gasteiger partial charge in [-0.05, 0) is 20.8 Å². The van der Waals surface area contributed by atoms with Crippen LogP contribution < -0.4 is 5.32 Å². The monoisotopic (exact) mass is 351 g/mol. The highest BCUT2D eigenvalue weighted by molar-refractivity contribution is 7.48. The molecule has 7 nitrogen and oxygen atoms in total. The predicted octanol–water partition coefficient (Wildman–Crippen LogP) is 2.34. The minimum Gasteiger partial charge on any atom is -0.352 e. The number of nitrogens with one attached hydrogen (secondary N) is 1. The van der Waals surface area contributed by atoms with Gasteiger partial charge in [0.2, 0.25) is 5.91 Å². The van der Waals surface area contributed by atoms with Crippen molar-refractivity contribution >= 4 is 13.7 Å². The molecule has 0 radical (unpaired) electrons. The van der Waals surface area contributed by atoms with E-state index in [1.807, 2.05) is 0 Å². The Morgan fingerprint density at radius 1 is 1.13 bits per heavy atom. The van der Waals surface area contributed by atoms with Crippen LogP contribution in [0, 0.1) is 0 Å². The van der Waals surface area contributed by atoms with Gasteiger partial charge in [0.15, 0.2) is 0 Å². The van der Waals surface area contributed by atoms with E-state index in [2.05, 4.69) is 26.0 Å². The van der Waals surface area contributed by atoms with Crippen molar-refractivity contribution in [2.45, 2.75) is 27.2 Å². The molecule has 23 heavy (non-hydrogen) atoms. The molecule has 0 aromatic carbocycles. The molecule has 0 aliphatic heterocycles. The minimum atomic E-state index is -3.44. The number of hydrogen-bond acceptors (Lipinski definition) is 5. The molecule has 0 aliphatic rings. The van der Waals surface area contributed by atoms with Gasteiger partial charge in [-0.1, -0.05) is 6.58 Å². The number of likely N-dealkylation sites (N-methyl/N-ethyl adjacent to an activating group) is 1. The highest BCUT2D eigenvalue weighted by Crippen LogP contribution is 2.49. The Morgan fingerprint density at radius 3 is 2.17 bits per heavy atom. The summed E-state index contributed by atoms with van der Waals surface area (Å²) in [4.78, 5) is 11.4. The zero-order chi connectivity index (χ0) is 17.9. The molecule has 0 fully saturated rings. The van der Waals surface area contributed by atoms with Gasteiger partial charge in [-0.3, -0.25) is 18.4 Å². The standard InChI is InChI=1S/C15H31N2O5P/c1-7-20-23(19,21-8-2)22-13-12-17(5,6)11-9-10-16-15(18)14(3)4/h3,7-13H2,1-2,4-6H3/p+1. The molecular weight excluding hydrogens is 319 g/mol. The maximum absolute atomic E-state index is 12.2. The Balaban J connectivity index is 4.09. The Kier molecular flexibility index (Phi) is 10.6. The van der Waals surface area contributed by atoms with Crippen LogP contribution in [0.4, 0.5) is 0 Å². The number of amides is 1. The predicted molar refractivity (Wildman–Crippen MR) is 91.1 cm³/mol. The van der Waals surface area contributed by atoms with Crippen molar-refractivity contribution in [2.24, 2.45) is 0 Å². The molecule has 0 unspecified atom stereocenters. The topological polar surface area (TPSA) is 73.9 Å². The van der Waals surface area contributed by atoms with E-state index in [9.17, 15) is 9.36 Å². The van der Waals surface area contributed by atoms with Gasteiger partial charge in [-0.15, -0.1) is 0 Å². The zero-order valence-electron chi connectivity index (χ0n) is 15.1. The molecular formula is C15H32N2O5P+. The van der Waals surface area contributed by atoms with Gasteiger partial charge in [0, 0.05) is 18.5 Å². The van der Waals surface area contributed by atoms with E-state index in [4.69, 9.17) is 13.6 Å². The van der Waals surface area contributed by atoms with Crippen molar-refractivity contribution in [1.29, 1.82) is 0 Å². The Hall–Kier alpha value is -0.720. The number of carbonyl (C=O) groups excluding carboxylic acids is 1. The van der Waals surface area contributed by atoms with Crippen LogP contribution >= 0.6 is 7.82 Å². The van der Waals surface area contributed by atoms with Gasteiger partial charge in [0.05, 0.1) is 33.9 Å². The van der Waals surface area contributed by atoms with Crippen molar-refractivity contribution in [2.75, 3.05) is 53.6 Å². The number of hydrogen-bond donors (Lipinski definition) is 1. The summed E-state index contributed by atoms with van der Waals surface area (Å²) in [7, 11) is 0.666. The molecule has 0 aromatic heterocycles. The summed E-state index contributed by atoms with van der Waals surface area (Å²) in [6.45, 7) is 11.7. The highest BCUT2D eigenvalue weighted by Gasteiger charge is 2.26. The first kappa shape index (κ1) is 22.3. The van der Waals surface area contributed by atoms with E-state index in [1.165, 1.54) is 0 Å². The van der Waals surface area contributed by atoms with Crippen molar-refractivity contribution < 1.29 is 27.4 Å². The normalized spacial score (nSPS) is 12.2. The summed E-state index contributed by atoms with van der Waals surface area (Å²) in [5, 5.41) is 2.80. The van der Waals surface area contributed by atoms with E-state index in [0.29, 0.717) is 23.1 Å². The lowest BCUT2D eigenvalue weighted by atomic mass is 10.3. The number of carbonyl (C=O) groups is 1. The highest BCUT2D eigenvalue weighted by atomic mass is 31.2. The average Bonchev–Trinajstić information content (AvgIpc) is 2.43. The molecule has 0 aliphatic carbocycles. The van der Waals surface area contributed by atoms with Crippen LogP contribution in [0.3, 0.4) is 0 Å². The third kappa shape index (κ3) is 10.6. The molecule has 0 atom stereocenters. The van der Waals surface area contributed by atoms with Crippen LogP contribution in [0.2, 0.25) is 0 Å². The maximum atomic E-state index is 12.2. The number of phosphoric acid groups is 1. The third-order valence-corrected chi connectivity index (χ3v) is 4.78. The molecule has 0 heterocycles. The van der Waals surface area contributed by atoms with Crippen LogP contribution in [0.25, 0.3) is 0 Å². The molecule has 1 amide bonds. The quantitative estimate of drug-likeness (QED) is 0.239. The van der Waals surface area contributed by atoms with Gasteiger partial charge >= 0.3 is 7.82 Å². The van der Waals surface area contributed by atoms with Crippen molar-refractivity contribution in [3.05, 3.63) is 12.2 Å². The lowest BCUT2D eigenvalue weighted by Crippen LogP contribution is -2.44. The first-order valence-electron chi connectivity index (χ1n) is 7.95. The number of quaternary nitrogens is 1. The second-order valence-corrected chi connectivity index (χ2v) is 7.56. The largest absolute Gasteiger partial charge is 0.474 e. The summed E-state index contributed by atoms with van der Waals surface area (Å²) in [5.41, 5.74) is 0.509. The molecule has 0 aromatic rings. The first-order valence-corrected chi connectivity index (χ1v) is 9.41. The van der Waals surface area contributed by atoms with E-state index in [1.54, 1.807) is 20.8 Å². The number of nitrogens with zero attached hydrogens (tertiary/aromatic N) is 1. The fourth-order valence-electron chi connectivity index (χ4n) is 1.80. The van der Waals surface area contributed by atoms with Crippen LogP contribution in [0.5, 0.6) is 0 Å². The molecule has 0 saturated heterocycles. The van der Waals surface area contributed by atoms with E-state index >= 15 is 0 Å². The van der Waals surface area contributed by atoms with Gasteiger partial charge in [0.25, 0.3) is 0 Å². The van der Waals surface area contributed by atoms with Gasteiger partial charge in [0.1, 0.15) is 13.2 Å². The summed E-state index contributed by atoms with van der Waals surface area (Å²) >= 11 is 0. The Bertz CT molecular complexity index is 416. The molecule has 0 bridgehead atoms. The van der Waals surface area contributed by atoms with E-state index < -0.39 is 7.82 Å². The van der Waals surface area contributed by atoms with Crippen molar-refractivity contribution in [1.82, 2.24) is 5.32 Å². The lowest BCUT2D eigenvalue weighted by Gasteiger charge is -2.30. The first-order chi connectivity index (χ1) is 10.7. The number of rotatable bonds is 13. The molecule has 0 saturated carbocycles. The molecule has 0 spiro atoms. The Labute approximate surface area is 140 Å². The lowest BCUT2D eigenvalue weighted by molar-refractivity contribution is -0.890. The van der Waals surface area contributed by atoms with Gasteiger partial charge < -0.3 is 9.80 Å². The van der Waals surface area contributed by atoms with E-state index in [0.717, 1.165) is 13.0 Å². The van der Waals surface area contributed by atoms with Crippen LogP contribution in [-0.4, -0.2) is 63.9 Å². The fourth-order valence-corrected chi connectivity index (χ4v) is 2.96. The van der Waals surface area contributed by atoms with Crippen LogP contribution in [-0.2, 0) is 22.9 Å². The summed E-state index contributed by atoms with van der Waals surface area (Å²) < 4.78 is 28.3. The third-order valence-electron chi connectivity index (χ3n) is 3.13. The van der Waals surface area contributed by atoms with Gasteiger partial charge in [-0.25, -0.2) is 4.57 Å². The number of phosphoric ester groups is 1. The minimum absolute atomic E-state index is 0.118. The van der Waals surface area contributed by atoms with Crippen LogP contribution in [0.1, 0.15) is 27.2 Å². The maximum Gasteiger partial charge on any atom is 0.474 e.